The number of aliphatic hydroxyl groups excluding tert-OH is 1. The minimum absolute atomic E-state index is 0.0535. The second-order valence-corrected chi connectivity index (χ2v) is 3.29. The maximum absolute atomic E-state index is 11.4. The molecule has 1 heterocycles. The lowest BCUT2D eigenvalue weighted by Gasteiger charge is -2.33. The zero-order valence-corrected chi connectivity index (χ0v) is 7.62. The van der Waals surface area contributed by atoms with Crippen molar-refractivity contribution >= 4 is 5.91 Å². The molecule has 1 rings (SSSR count). The van der Waals surface area contributed by atoms with Gasteiger partial charge in [-0.15, -0.1) is 0 Å². The van der Waals surface area contributed by atoms with E-state index in [0.717, 1.165) is 25.8 Å². The Hall–Kier alpha value is -0.570. The van der Waals surface area contributed by atoms with E-state index < -0.39 is 0 Å². The number of likely N-dealkylation sites (tertiary alicyclic amines) is 1. The summed E-state index contributed by atoms with van der Waals surface area (Å²) in [6.07, 6.45) is 3.61. The van der Waals surface area contributed by atoms with E-state index in [0.29, 0.717) is 6.42 Å². The number of rotatable bonds is 3. The monoisotopic (exact) mass is 171 g/mol. The Kier molecular flexibility index (Phi) is 3.53. The summed E-state index contributed by atoms with van der Waals surface area (Å²) in [5.41, 5.74) is 0. The van der Waals surface area contributed by atoms with Crippen molar-refractivity contribution in [1.82, 2.24) is 4.90 Å². The number of hydrogen-bond acceptors (Lipinski definition) is 2. The van der Waals surface area contributed by atoms with Gasteiger partial charge in [0.15, 0.2) is 0 Å². The Morgan fingerprint density at radius 2 is 2.33 bits per heavy atom. The fourth-order valence-corrected chi connectivity index (χ4v) is 1.66. The molecule has 1 amide bonds. The smallest absolute Gasteiger partial charge is 0.222 e. The molecule has 1 atom stereocenters. The van der Waals surface area contributed by atoms with Gasteiger partial charge in [0.05, 0.1) is 12.6 Å². The molecule has 1 aliphatic heterocycles. The molecule has 3 heteroatoms. The number of carbonyl (C=O) groups excluding carboxylic acids is 1. The third-order valence-electron chi connectivity index (χ3n) is 2.48. The van der Waals surface area contributed by atoms with Crippen molar-refractivity contribution in [2.45, 2.75) is 38.6 Å². The number of carbonyl (C=O) groups is 1. The molecule has 12 heavy (non-hydrogen) atoms. The van der Waals surface area contributed by atoms with Crippen molar-refractivity contribution in [3.63, 3.8) is 0 Å². The summed E-state index contributed by atoms with van der Waals surface area (Å²) < 4.78 is 0. The van der Waals surface area contributed by atoms with Gasteiger partial charge in [0.2, 0.25) is 5.91 Å². The van der Waals surface area contributed by atoms with Crippen molar-refractivity contribution in [3.8, 4) is 0 Å². The minimum Gasteiger partial charge on any atom is -0.394 e. The highest BCUT2D eigenvalue weighted by Gasteiger charge is 2.23. The Morgan fingerprint density at radius 3 is 2.83 bits per heavy atom. The van der Waals surface area contributed by atoms with E-state index in [1.165, 1.54) is 0 Å². The van der Waals surface area contributed by atoms with Crippen molar-refractivity contribution in [1.29, 1.82) is 0 Å². The number of hydrogen-bond donors (Lipinski definition) is 1. The molecule has 1 saturated heterocycles. The Morgan fingerprint density at radius 1 is 1.58 bits per heavy atom. The van der Waals surface area contributed by atoms with Crippen LogP contribution in [0, 0.1) is 0 Å². The normalized spacial score (nSPS) is 21.2. The highest BCUT2D eigenvalue weighted by Crippen LogP contribution is 2.14. The van der Waals surface area contributed by atoms with E-state index in [9.17, 15) is 4.79 Å². The van der Waals surface area contributed by atoms with Crippen molar-refractivity contribution in [3.05, 3.63) is 0 Å². The molecule has 1 aliphatic rings. The highest BCUT2D eigenvalue weighted by molar-refractivity contribution is 5.77. The van der Waals surface area contributed by atoms with Crippen molar-refractivity contribution < 1.29 is 9.90 Å². The van der Waals surface area contributed by atoms with Gasteiger partial charge in [0, 0.05) is 13.0 Å². The van der Waals surface area contributed by atoms with Crippen LogP contribution >= 0.6 is 0 Å². The predicted molar refractivity (Wildman–Crippen MR) is 46.7 cm³/mol. The van der Waals surface area contributed by atoms with Crippen LogP contribution in [0.25, 0.3) is 0 Å². The third kappa shape index (κ3) is 1.97. The van der Waals surface area contributed by atoms with Crippen molar-refractivity contribution in [2.24, 2.45) is 0 Å². The summed E-state index contributed by atoms with van der Waals surface area (Å²) in [7, 11) is 0. The van der Waals surface area contributed by atoms with Gasteiger partial charge in [-0.05, 0) is 19.3 Å². The summed E-state index contributed by atoms with van der Waals surface area (Å²) in [5.74, 6) is 0.210. The van der Waals surface area contributed by atoms with E-state index in [1.807, 2.05) is 11.8 Å². The van der Waals surface area contributed by atoms with Gasteiger partial charge in [-0.25, -0.2) is 0 Å². The average molecular weight is 171 g/mol. The minimum atomic E-state index is 0.0535. The molecular formula is C9H17NO2. The number of piperidine rings is 1. The van der Waals surface area contributed by atoms with Crippen LogP contribution in [-0.4, -0.2) is 35.1 Å². The molecular weight excluding hydrogens is 154 g/mol. The van der Waals surface area contributed by atoms with Gasteiger partial charge in [0.1, 0.15) is 0 Å². The first-order chi connectivity index (χ1) is 5.79. The average Bonchev–Trinajstić information content (AvgIpc) is 2.10. The van der Waals surface area contributed by atoms with Crippen LogP contribution in [-0.2, 0) is 4.79 Å². The molecule has 0 aromatic rings. The first-order valence-electron chi connectivity index (χ1n) is 4.70. The summed E-state index contributed by atoms with van der Waals surface area (Å²) in [6, 6.07) is 0.0535. The summed E-state index contributed by atoms with van der Waals surface area (Å²) in [5, 5.41) is 9.00. The molecule has 0 bridgehead atoms. The second kappa shape index (κ2) is 4.45. The number of amides is 1. The predicted octanol–water partition coefficient (Wildman–Crippen LogP) is 0.770. The van der Waals surface area contributed by atoms with Gasteiger partial charge in [-0.3, -0.25) is 4.79 Å². The van der Waals surface area contributed by atoms with Gasteiger partial charge >= 0.3 is 0 Å². The number of nitrogens with zero attached hydrogens (tertiary/aromatic N) is 1. The van der Waals surface area contributed by atoms with E-state index in [4.69, 9.17) is 5.11 Å². The highest BCUT2D eigenvalue weighted by atomic mass is 16.3. The van der Waals surface area contributed by atoms with Crippen LogP contribution in [0.5, 0.6) is 0 Å². The quantitative estimate of drug-likeness (QED) is 0.681. The SMILES string of the molecule is CC[C@@H](CO)N1CCCCC1=O. The zero-order valence-electron chi connectivity index (χ0n) is 7.62. The Bertz CT molecular complexity index is 155. The molecule has 0 saturated carbocycles. The van der Waals surface area contributed by atoms with E-state index in [2.05, 4.69) is 0 Å². The molecule has 1 fully saturated rings. The van der Waals surface area contributed by atoms with E-state index >= 15 is 0 Å². The first kappa shape index (κ1) is 9.52. The summed E-state index contributed by atoms with van der Waals surface area (Å²) in [4.78, 5) is 13.2. The van der Waals surface area contributed by atoms with Gasteiger partial charge < -0.3 is 10.0 Å². The fraction of sp³-hybridized carbons (Fsp3) is 0.889. The maximum atomic E-state index is 11.4. The first-order valence-corrected chi connectivity index (χ1v) is 4.70. The standard InChI is InChI=1S/C9H17NO2/c1-2-8(7-11)10-6-4-3-5-9(10)12/h8,11H,2-7H2,1H3/t8-/m0/s1. The Labute approximate surface area is 73.4 Å². The zero-order chi connectivity index (χ0) is 8.97. The van der Waals surface area contributed by atoms with Crippen molar-refractivity contribution in [2.75, 3.05) is 13.2 Å². The third-order valence-corrected chi connectivity index (χ3v) is 2.48. The molecule has 1 N–H and O–H groups in total. The molecule has 0 aliphatic carbocycles. The lowest BCUT2D eigenvalue weighted by Crippen LogP contribution is -2.44. The van der Waals surface area contributed by atoms with Crippen LogP contribution in [0.15, 0.2) is 0 Å². The molecule has 0 aromatic heterocycles. The van der Waals surface area contributed by atoms with Crippen LogP contribution < -0.4 is 0 Å². The fourth-order valence-electron chi connectivity index (χ4n) is 1.66. The number of aliphatic hydroxyl groups is 1. The summed E-state index contributed by atoms with van der Waals surface area (Å²) >= 11 is 0. The molecule has 0 spiro atoms. The van der Waals surface area contributed by atoms with E-state index in [1.54, 1.807) is 0 Å². The Balaban J connectivity index is 2.51. The second-order valence-electron chi connectivity index (χ2n) is 3.29. The molecule has 3 nitrogen and oxygen atoms in total. The summed E-state index contributed by atoms with van der Waals surface area (Å²) in [6.45, 7) is 2.93. The maximum Gasteiger partial charge on any atom is 0.222 e. The lowest BCUT2D eigenvalue weighted by atomic mass is 10.1. The topological polar surface area (TPSA) is 40.5 Å². The van der Waals surface area contributed by atoms with Crippen LogP contribution in [0.1, 0.15) is 32.6 Å². The van der Waals surface area contributed by atoms with Crippen LogP contribution in [0.2, 0.25) is 0 Å². The van der Waals surface area contributed by atoms with Crippen LogP contribution in [0.4, 0.5) is 0 Å². The van der Waals surface area contributed by atoms with E-state index in [-0.39, 0.29) is 18.6 Å². The molecule has 0 aromatic carbocycles. The molecule has 70 valence electrons. The van der Waals surface area contributed by atoms with Gasteiger partial charge in [-0.1, -0.05) is 6.92 Å². The van der Waals surface area contributed by atoms with Gasteiger partial charge in [0.25, 0.3) is 0 Å². The lowest BCUT2D eigenvalue weighted by molar-refractivity contribution is -0.136. The van der Waals surface area contributed by atoms with Gasteiger partial charge in [-0.2, -0.15) is 0 Å². The molecule has 0 radical (unpaired) electrons. The largest absolute Gasteiger partial charge is 0.394 e. The molecule has 0 unspecified atom stereocenters. The van der Waals surface area contributed by atoms with Crippen LogP contribution in [0.3, 0.4) is 0 Å².